The molecule has 0 unspecified atom stereocenters. The van der Waals surface area contributed by atoms with E-state index in [-0.39, 0.29) is 58.7 Å². The molecule has 2 heterocycles. The topological polar surface area (TPSA) is 189 Å². The molecule has 0 aliphatic heterocycles. The van der Waals surface area contributed by atoms with Crippen LogP contribution >= 0.6 is 0 Å². The molecule has 1 aliphatic carbocycles. The lowest BCUT2D eigenvalue weighted by atomic mass is 9.98. The van der Waals surface area contributed by atoms with Gasteiger partial charge in [0.1, 0.15) is 28.6 Å². The largest absolute Gasteiger partial charge is 0.478 e. The van der Waals surface area contributed by atoms with Crippen molar-refractivity contribution in [2.24, 2.45) is 0 Å². The van der Waals surface area contributed by atoms with Crippen LogP contribution in [0.3, 0.4) is 0 Å². The number of carboxylic acids is 1. The van der Waals surface area contributed by atoms with Gasteiger partial charge in [-0.2, -0.15) is 5.10 Å². The molecule has 0 radical (unpaired) electrons. The van der Waals surface area contributed by atoms with E-state index in [2.05, 4.69) is 20.7 Å². The number of amides is 2. The second kappa shape index (κ2) is 11.5. The fourth-order valence-electron chi connectivity index (χ4n) is 5.93. The Morgan fingerprint density at radius 3 is 2.63 bits per heavy atom. The van der Waals surface area contributed by atoms with E-state index in [4.69, 9.17) is 5.73 Å². The minimum Gasteiger partial charge on any atom is -0.478 e. The number of hydrogen-bond donors (Lipinski definition) is 4. The van der Waals surface area contributed by atoms with Crippen molar-refractivity contribution in [3.05, 3.63) is 120 Å². The summed E-state index contributed by atoms with van der Waals surface area (Å²) in [6.45, 7) is 1.72. The predicted molar refractivity (Wildman–Crippen MR) is 165 cm³/mol. The first-order valence-electron chi connectivity index (χ1n) is 14.3. The highest BCUT2D eigenvalue weighted by Crippen LogP contribution is 2.35. The first-order chi connectivity index (χ1) is 21.9. The number of nitrogens with one attached hydrogen (secondary N) is 2. The van der Waals surface area contributed by atoms with Crippen LogP contribution in [0.4, 0.5) is 15.8 Å². The molecule has 5 aromatic rings. The summed E-state index contributed by atoms with van der Waals surface area (Å²) in [4.78, 5) is 67.3. The highest BCUT2D eigenvalue weighted by molar-refractivity contribution is 5.98. The molecule has 1 atom stereocenters. The average Bonchev–Trinajstić information content (AvgIpc) is 3.68. The molecule has 0 saturated heterocycles. The molecule has 5 N–H and O–H groups in total. The fourth-order valence-corrected chi connectivity index (χ4v) is 5.93. The Kier molecular flexibility index (Phi) is 7.56. The van der Waals surface area contributed by atoms with Crippen LogP contribution in [0.25, 0.3) is 5.65 Å². The number of nitrogens with two attached hydrogens (primary N) is 1. The Morgan fingerprint density at radius 2 is 1.89 bits per heavy atom. The molecule has 13 nitrogen and oxygen atoms in total. The van der Waals surface area contributed by atoms with E-state index in [1.54, 1.807) is 19.1 Å². The monoisotopic (exact) mass is 625 g/mol. The van der Waals surface area contributed by atoms with Crippen molar-refractivity contribution >= 4 is 34.8 Å². The minimum absolute atomic E-state index is 0.00225. The molecule has 0 bridgehead atoms. The zero-order chi connectivity index (χ0) is 32.9. The van der Waals surface area contributed by atoms with E-state index in [0.717, 1.165) is 11.1 Å². The van der Waals surface area contributed by atoms with Crippen molar-refractivity contribution in [1.29, 1.82) is 0 Å². The number of hydrogen-bond acceptors (Lipinski definition) is 9. The van der Waals surface area contributed by atoms with Crippen LogP contribution in [0, 0.1) is 12.7 Å². The van der Waals surface area contributed by atoms with Crippen molar-refractivity contribution in [1.82, 2.24) is 25.2 Å². The van der Waals surface area contributed by atoms with E-state index in [0.29, 0.717) is 24.0 Å². The highest BCUT2D eigenvalue weighted by atomic mass is 19.1. The van der Waals surface area contributed by atoms with Crippen molar-refractivity contribution in [2.45, 2.75) is 38.9 Å². The second-order valence-electron chi connectivity index (χ2n) is 11.2. The Hall–Kier alpha value is -5.92. The number of carbonyl (C=O) groups excluding carboxylic acids is 2. The van der Waals surface area contributed by atoms with Crippen molar-refractivity contribution in [2.75, 3.05) is 17.7 Å². The van der Waals surface area contributed by atoms with Crippen LogP contribution in [0.15, 0.2) is 58.3 Å². The van der Waals surface area contributed by atoms with Crippen LogP contribution in [-0.4, -0.2) is 44.5 Å². The molecular formula is C32H28FN7O6. The van der Waals surface area contributed by atoms with Gasteiger partial charge >= 0.3 is 5.97 Å². The number of halogens is 1. The molecule has 46 heavy (non-hydrogen) atoms. The number of fused-ring (bicyclic) bond motifs is 2. The Morgan fingerprint density at radius 1 is 1.11 bits per heavy atom. The lowest BCUT2D eigenvalue weighted by Crippen LogP contribution is -2.40. The van der Waals surface area contributed by atoms with Crippen molar-refractivity contribution in [3.63, 3.8) is 0 Å². The van der Waals surface area contributed by atoms with Gasteiger partial charge in [0, 0.05) is 37.8 Å². The molecule has 0 spiro atoms. The highest BCUT2D eigenvalue weighted by Gasteiger charge is 2.29. The number of rotatable bonds is 9. The maximum atomic E-state index is 14.6. The number of carbonyl (C=O) groups is 3. The molecule has 2 amide bonds. The summed E-state index contributed by atoms with van der Waals surface area (Å²) < 4.78 is 15.9. The van der Waals surface area contributed by atoms with Crippen molar-refractivity contribution in [3.8, 4) is 0 Å². The van der Waals surface area contributed by atoms with Gasteiger partial charge in [0.15, 0.2) is 5.65 Å². The van der Waals surface area contributed by atoms with E-state index in [1.807, 2.05) is 0 Å². The number of benzene rings is 2. The molecule has 14 heteroatoms. The van der Waals surface area contributed by atoms with Gasteiger partial charge in [-0.1, -0.05) is 12.1 Å². The van der Waals surface area contributed by atoms with Gasteiger partial charge in [0.05, 0.1) is 17.8 Å². The van der Waals surface area contributed by atoms with Gasteiger partial charge in [0.2, 0.25) is 0 Å². The Bertz CT molecular complexity index is 2150. The number of nitrogens with zero attached hydrogens (tertiary/aromatic N) is 4. The molecule has 6 rings (SSSR count). The molecule has 234 valence electrons. The normalized spacial score (nSPS) is 13.9. The van der Waals surface area contributed by atoms with Crippen molar-refractivity contribution < 1.29 is 23.9 Å². The summed E-state index contributed by atoms with van der Waals surface area (Å²) in [7, 11) is 1.52. The minimum atomic E-state index is -1.01. The molecule has 0 fully saturated rings. The number of nitrogen functional groups attached to an aromatic ring is 1. The molecule has 2 aromatic heterocycles. The summed E-state index contributed by atoms with van der Waals surface area (Å²) in [6.07, 6.45) is 2.65. The fraction of sp³-hybridized carbons (Fsp3) is 0.219. The third kappa shape index (κ3) is 5.23. The predicted octanol–water partition coefficient (Wildman–Crippen LogP) is 2.04. The van der Waals surface area contributed by atoms with Crippen LogP contribution in [0.2, 0.25) is 0 Å². The average molecular weight is 626 g/mol. The van der Waals surface area contributed by atoms with Gasteiger partial charge in [0.25, 0.3) is 22.7 Å². The second-order valence-corrected chi connectivity index (χ2v) is 11.2. The van der Waals surface area contributed by atoms with Crippen LogP contribution < -0.4 is 32.1 Å². The van der Waals surface area contributed by atoms with Gasteiger partial charge < -0.3 is 26.4 Å². The Balaban J connectivity index is 1.17. The molecule has 0 saturated carbocycles. The van der Waals surface area contributed by atoms with Gasteiger partial charge in [-0.3, -0.25) is 19.2 Å². The SMILES string of the molecule is Cc1c(C(=O)O)ccc2c1CC[C@@H]2NC(=O)c1cc(C(=O)NCc2ccc(F)c(CN(C)c3c(N)c(=O)c3=O)c2)nc2ccnn12. The summed E-state index contributed by atoms with van der Waals surface area (Å²) >= 11 is 0. The van der Waals surface area contributed by atoms with Gasteiger partial charge in [-0.15, -0.1) is 0 Å². The molecule has 3 aromatic carbocycles. The third-order valence-corrected chi connectivity index (χ3v) is 8.33. The molecular weight excluding hydrogens is 597 g/mol. The summed E-state index contributed by atoms with van der Waals surface area (Å²) in [6, 6.07) is 10.0. The zero-order valence-corrected chi connectivity index (χ0v) is 24.8. The summed E-state index contributed by atoms with van der Waals surface area (Å²) in [5.74, 6) is -2.61. The van der Waals surface area contributed by atoms with E-state index < -0.39 is 34.5 Å². The summed E-state index contributed by atoms with van der Waals surface area (Å²) in [5.41, 5.74) is 7.74. The standard InChI is InChI=1S/C32H28FN7O6/c1-15-18-6-8-22(20(18)5-4-19(15)32(45)46)38-31(44)24-12-23(37-25-9-10-36-40(24)25)30(43)35-13-16-3-7-21(33)17(11-16)14-39(2)27-26(34)28(41)29(27)42/h3-5,7,9-12,22H,6,8,13-14,34H2,1-2H3,(H,35,43)(H,38,44)(H,45,46)/t22-/m0/s1. The number of anilines is 2. The van der Waals surface area contributed by atoms with Crippen LogP contribution in [0.1, 0.15) is 71.6 Å². The molecule has 1 aliphatic rings. The van der Waals surface area contributed by atoms with Gasteiger partial charge in [-0.05, 0) is 60.2 Å². The maximum Gasteiger partial charge on any atom is 0.335 e. The maximum absolute atomic E-state index is 14.6. The summed E-state index contributed by atoms with van der Waals surface area (Å²) in [5, 5.41) is 19.4. The third-order valence-electron chi connectivity index (χ3n) is 8.33. The van der Waals surface area contributed by atoms with E-state index >= 15 is 0 Å². The number of carboxylic acid groups (broad SMARTS) is 1. The van der Waals surface area contributed by atoms with Gasteiger partial charge in [-0.25, -0.2) is 18.7 Å². The first kappa shape index (κ1) is 30.1. The van der Waals surface area contributed by atoms with E-state index in [1.165, 1.54) is 53.0 Å². The van der Waals surface area contributed by atoms with Crippen LogP contribution in [0.5, 0.6) is 0 Å². The lowest BCUT2D eigenvalue weighted by molar-refractivity contribution is 0.0695. The smallest absolute Gasteiger partial charge is 0.335 e. The lowest BCUT2D eigenvalue weighted by Gasteiger charge is -2.22. The number of aromatic nitrogens is 3. The van der Waals surface area contributed by atoms with E-state index in [9.17, 15) is 33.5 Å². The zero-order valence-electron chi connectivity index (χ0n) is 24.8. The number of aromatic carboxylic acids is 1. The van der Waals surface area contributed by atoms with Crippen LogP contribution in [-0.2, 0) is 19.5 Å². The Labute approximate surface area is 260 Å². The quantitative estimate of drug-likeness (QED) is 0.176. The first-order valence-corrected chi connectivity index (χ1v) is 14.3.